The molecule has 2 rings (SSSR count). The topological polar surface area (TPSA) is 60.2 Å². The maximum absolute atomic E-state index is 5.32. The molecule has 2 heterocycles. The van der Waals surface area contributed by atoms with Crippen LogP contribution in [0.5, 0.6) is 0 Å². The van der Waals surface area contributed by atoms with E-state index in [0.717, 1.165) is 25.5 Å². The molecule has 1 aliphatic heterocycles. The Labute approximate surface area is 95.6 Å². The number of hydrogen-bond donors (Lipinski definition) is 1. The lowest BCUT2D eigenvalue weighted by Gasteiger charge is -2.14. The molecule has 3 atom stereocenters. The Morgan fingerprint density at radius 1 is 1.44 bits per heavy atom. The van der Waals surface area contributed by atoms with Crippen molar-refractivity contribution >= 4 is 0 Å². The molecular weight excluding hydrogens is 206 g/mol. The standard InChI is InChI=1S/C11H19N3O2/c1-7(8(2)12-3)11-13-10(14-16-11)9-4-5-15-6-9/h7-9,12H,4-6H2,1-3H3. The first kappa shape index (κ1) is 11.5. The van der Waals surface area contributed by atoms with E-state index < -0.39 is 0 Å². The minimum Gasteiger partial charge on any atom is -0.381 e. The smallest absolute Gasteiger partial charge is 0.231 e. The lowest BCUT2D eigenvalue weighted by molar-refractivity contribution is 0.192. The average molecular weight is 225 g/mol. The van der Waals surface area contributed by atoms with E-state index in [4.69, 9.17) is 9.26 Å². The summed E-state index contributed by atoms with van der Waals surface area (Å²) in [5.74, 6) is 2.05. The van der Waals surface area contributed by atoms with Gasteiger partial charge in [-0.25, -0.2) is 0 Å². The normalized spacial score (nSPS) is 24.6. The number of ether oxygens (including phenoxy) is 1. The van der Waals surface area contributed by atoms with E-state index in [9.17, 15) is 0 Å². The maximum atomic E-state index is 5.32. The minimum atomic E-state index is 0.230. The van der Waals surface area contributed by atoms with E-state index in [1.165, 1.54) is 0 Å². The molecule has 1 N–H and O–H groups in total. The van der Waals surface area contributed by atoms with Crippen molar-refractivity contribution in [3.05, 3.63) is 11.7 Å². The first-order valence-electron chi connectivity index (χ1n) is 5.81. The molecule has 1 aromatic heterocycles. The van der Waals surface area contributed by atoms with Crippen molar-refractivity contribution in [2.45, 2.75) is 38.1 Å². The largest absolute Gasteiger partial charge is 0.381 e. The summed E-state index contributed by atoms with van der Waals surface area (Å²) < 4.78 is 10.6. The van der Waals surface area contributed by atoms with E-state index in [0.29, 0.717) is 17.9 Å². The van der Waals surface area contributed by atoms with Crippen LogP contribution in [0.2, 0.25) is 0 Å². The van der Waals surface area contributed by atoms with Crippen LogP contribution >= 0.6 is 0 Å². The lowest BCUT2D eigenvalue weighted by Crippen LogP contribution is -2.27. The fourth-order valence-electron chi connectivity index (χ4n) is 1.80. The molecule has 16 heavy (non-hydrogen) atoms. The Balaban J connectivity index is 2.06. The molecule has 0 spiro atoms. The zero-order chi connectivity index (χ0) is 11.5. The number of likely N-dealkylation sites (N-methyl/N-ethyl adjacent to an activating group) is 1. The van der Waals surface area contributed by atoms with Gasteiger partial charge >= 0.3 is 0 Å². The highest BCUT2D eigenvalue weighted by atomic mass is 16.5. The van der Waals surface area contributed by atoms with Gasteiger partial charge in [0.2, 0.25) is 5.89 Å². The molecule has 0 amide bonds. The monoisotopic (exact) mass is 225 g/mol. The number of aromatic nitrogens is 2. The molecule has 0 aliphatic carbocycles. The van der Waals surface area contributed by atoms with Gasteiger partial charge in [0.25, 0.3) is 0 Å². The van der Waals surface area contributed by atoms with Crippen molar-refractivity contribution in [2.75, 3.05) is 20.3 Å². The number of rotatable bonds is 4. The molecule has 0 saturated carbocycles. The molecule has 0 bridgehead atoms. The highest BCUT2D eigenvalue weighted by Gasteiger charge is 2.25. The van der Waals surface area contributed by atoms with Crippen LogP contribution in [-0.4, -0.2) is 36.4 Å². The number of nitrogens with zero attached hydrogens (tertiary/aromatic N) is 2. The van der Waals surface area contributed by atoms with Gasteiger partial charge in [-0.1, -0.05) is 12.1 Å². The van der Waals surface area contributed by atoms with Crippen molar-refractivity contribution in [2.24, 2.45) is 0 Å². The van der Waals surface area contributed by atoms with Crippen molar-refractivity contribution in [3.63, 3.8) is 0 Å². The second-order valence-corrected chi connectivity index (χ2v) is 4.42. The second-order valence-electron chi connectivity index (χ2n) is 4.42. The van der Waals surface area contributed by atoms with Crippen LogP contribution in [-0.2, 0) is 4.74 Å². The summed E-state index contributed by atoms with van der Waals surface area (Å²) in [7, 11) is 1.93. The van der Waals surface area contributed by atoms with Gasteiger partial charge < -0.3 is 14.6 Å². The second kappa shape index (κ2) is 4.93. The van der Waals surface area contributed by atoms with Crippen LogP contribution in [0, 0.1) is 0 Å². The van der Waals surface area contributed by atoms with Gasteiger partial charge in [-0.2, -0.15) is 4.98 Å². The van der Waals surface area contributed by atoms with Crippen LogP contribution < -0.4 is 5.32 Å². The number of hydrogen-bond acceptors (Lipinski definition) is 5. The van der Waals surface area contributed by atoms with E-state index in [1.807, 2.05) is 7.05 Å². The van der Waals surface area contributed by atoms with Gasteiger partial charge in [0.05, 0.1) is 12.5 Å². The third-order valence-corrected chi connectivity index (χ3v) is 3.35. The first-order chi connectivity index (χ1) is 7.72. The number of nitrogens with one attached hydrogen (secondary N) is 1. The van der Waals surface area contributed by atoms with Crippen LogP contribution in [0.1, 0.15) is 43.8 Å². The lowest BCUT2D eigenvalue weighted by atomic mass is 10.0. The van der Waals surface area contributed by atoms with E-state index >= 15 is 0 Å². The Morgan fingerprint density at radius 2 is 2.25 bits per heavy atom. The van der Waals surface area contributed by atoms with Crippen LogP contribution in [0.3, 0.4) is 0 Å². The Kier molecular flexibility index (Phi) is 3.56. The highest BCUT2D eigenvalue weighted by molar-refractivity contribution is 5.01. The SMILES string of the molecule is CNC(C)C(C)c1nc(C2CCOC2)no1. The quantitative estimate of drug-likeness (QED) is 0.836. The van der Waals surface area contributed by atoms with E-state index in [2.05, 4.69) is 29.3 Å². The summed E-state index contributed by atoms with van der Waals surface area (Å²) in [4.78, 5) is 4.46. The predicted molar refractivity (Wildman–Crippen MR) is 59.4 cm³/mol. The van der Waals surface area contributed by atoms with E-state index in [-0.39, 0.29) is 5.92 Å². The predicted octanol–water partition coefficient (Wildman–Crippen LogP) is 1.28. The summed E-state index contributed by atoms with van der Waals surface area (Å²) >= 11 is 0. The fraction of sp³-hybridized carbons (Fsp3) is 0.818. The molecular formula is C11H19N3O2. The van der Waals surface area contributed by atoms with Crippen LogP contribution in [0.25, 0.3) is 0 Å². The Hall–Kier alpha value is -0.940. The van der Waals surface area contributed by atoms with Crippen molar-refractivity contribution in [1.82, 2.24) is 15.5 Å². The zero-order valence-electron chi connectivity index (χ0n) is 10.1. The molecule has 1 fully saturated rings. The summed E-state index contributed by atoms with van der Waals surface area (Å²) in [6.07, 6.45) is 0.995. The van der Waals surface area contributed by atoms with Crippen molar-refractivity contribution in [1.29, 1.82) is 0 Å². The molecule has 90 valence electrons. The minimum absolute atomic E-state index is 0.230. The molecule has 1 saturated heterocycles. The van der Waals surface area contributed by atoms with Gasteiger partial charge in [-0.05, 0) is 20.4 Å². The van der Waals surface area contributed by atoms with E-state index in [1.54, 1.807) is 0 Å². The highest BCUT2D eigenvalue weighted by Crippen LogP contribution is 2.25. The summed E-state index contributed by atoms with van der Waals surface area (Å²) in [6, 6.07) is 0.327. The molecule has 5 nitrogen and oxygen atoms in total. The molecule has 3 unspecified atom stereocenters. The summed E-state index contributed by atoms with van der Waals surface area (Å²) in [5, 5.41) is 7.23. The third kappa shape index (κ3) is 2.25. The first-order valence-corrected chi connectivity index (χ1v) is 5.81. The maximum Gasteiger partial charge on any atom is 0.231 e. The van der Waals surface area contributed by atoms with Gasteiger partial charge in [0, 0.05) is 18.6 Å². The van der Waals surface area contributed by atoms with Crippen molar-refractivity contribution < 1.29 is 9.26 Å². The molecule has 0 aromatic carbocycles. The zero-order valence-corrected chi connectivity index (χ0v) is 10.1. The van der Waals surface area contributed by atoms with Gasteiger partial charge in [0.1, 0.15) is 0 Å². The van der Waals surface area contributed by atoms with Gasteiger partial charge in [-0.15, -0.1) is 0 Å². The van der Waals surface area contributed by atoms with Gasteiger partial charge in [0.15, 0.2) is 5.82 Å². The molecule has 1 aromatic rings. The third-order valence-electron chi connectivity index (χ3n) is 3.35. The van der Waals surface area contributed by atoms with Crippen LogP contribution in [0.15, 0.2) is 4.52 Å². The van der Waals surface area contributed by atoms with Crippen LogP contribution in [0.4, 0.5) is 0 Å². The summed E-state index contributed by atoms with van der Waals surface area (Å²) in [6.45, 7) is 5.71. The Bertz CT molecular complexity index is 334. The molecule has 0 radical (unpaired) electrons. The van der Waals surface area contributed by atoms with Gasteiger partial charge in [-0.3, -0.25) is 0 Å². The Morgan fingerprint density at radius 3 is 2.88 bits per heavy atom. The molecule has 5 heteroatoms. The molecule has 1 aliphatic rings. The summed E-state index contributed by atoms with van der Waals surface area (Å²) in [5.41, 5.74) is 0. The van der Waals surface area contributed by atoms with Crippen molar-refractivity contribution in [3.8, 4) is 0 Å². The fourth-order valence-corrected chi connectivity index (χ4v) is 1.80. The average Bonchev–Trinajstić information content (AvgIpc) is 2.96.